The van der Waals surface area contributed by atoms with E-state index in [4.69, 9.17) is 11.6 Å². The summed E-state index contributed by atoms with van der Waals surface area (Å²) in [6, 6.07) is 0.382. The minimum absolute atomic E-state index is 0.202. The van der Waals surface area contributed by atoms with Crippen molar-refractivity contribution in [1.82, 2.24) is 9.97 Å². The predicted molar refractivity (Wildman–Crippen MR) is 68.9 cm³/mol. The first-order valence-electron chi connectivity index (χ1n) is 5.46. The summed E-state index contributed by atoms with van der Waals surface area (Å²) in [5.41, 5.74) is 1.01. The first-order chi connectivity index (χ1) is 7.36. The Balaban J connectivity index is 2.91. The predicted octanol–water partition coefficient (Wildman–Crippen LogP) is 3.09. The molecule has 3 nitrogen and oxygen atoms in total. The lowest BCUT2D eigenvalue weighted by atomic mass is 9.87. The molecule has 4 heteroatoms. The molecular formula is C12H20ClN3. The van der Waals surface area contributed by atoms with Crippen molar-refractivity contribution in [2.75, 3.05) is 11.9 Å². The molecule has 90 valence electrons. The van der Waals surface area contributed by atoms with Gasteiger partial charge in [-0.2, -0.15) is 0 Å². The van der Waals surface area contributed by atoms with Gasteiger partial charge in [0.1, 0.15) is 5.82 Å². The van der Waals surface area contributed by atoms with Crippen molar-refractivity contribution in [2.45, 2.75) is 39.6 Å². The lowest BCUT2D eigenvalue weighted by molar-refractivity contribution is 0.328. The Bertz CT molecular complexity index is 346. The third-order valence-corrected chi connectivity index (χ3v) is 3.28. The van der Waals surface area contributed by atoms with Gasteiger partial charge in [-0.3, -0.25) is 4.98 Å². The molecule has 0 saturated carbocycles. The molecule has 1 atom stereocenters. The van der Waals surface area contributed by atoms with E-state index in [0.29, 0.717) is 11.9 Å². The highest BCUT2D eigenvalue weighted by molar-refractivity contribution is 6.16. The van der Waals surface area contributed by atoms with Crippen molar-refractivity contribution in [3.8, 4) is 0 Å². The molecule has 0 saturated heterocycles. The van der Waals surface area contributed by atoms with Gasteiger partial charge in [-0.15, -0.1) is 11.6 Å². The van der Waals surface area contributed by atoms with Crippen LogP contribution in [0, 0.1) is 5.41 Å². The Hall–Kier alpha value is -0.830. The fourth-order valence-electron chi connectivity index (χ4n) is 1.41. The molecular weight excluding hydrogens is 222 g/mol. The highest BCUT2D eigenvalue weighted by Gasteiger charge is 2.24. The average Bonchev–Trinajstić information content (AvgIpc) is 2.26. The Morgan fingerprint density at radius 2 is 2.00 bits per heavy atom. The molecule has 16 heavy (non-hydrogen) atoms. The summed E-state index contributed by atoms with van der Waals surface area (Å²) in [6.45, 7) is 8.84. The summed E-state index contributed by atoms with van der Waals surface area (Å²) in [7, 11) is 2.04. The van der Waals surface area contributed by atoms with Gasteiger partial charge >= 0.3 is 0 Å². The van der Waals surface area contributed by atoms with Crippen LogP contribution in [0.3, 0.4) is 0 Å². The number of nitrogens with zero attached hydrogens (tertiary/aromatic N) is 3. The van der Waals surface area contributed by atoms with Crippen molar-refractivity contribution in [3.05, 3.63) is 18.1 Å². The molecule has 1 aromatic rings. The monoisotopic (exact) mass is 241 g/mol. The molecule has 1 rings (SSSR count). The maximum absolute atomic E-state index is 5.75. The van der Waals surface area contributed by atoms with E-state index < -0.39 is 0 Å². The minimum Gasteiger partial charge on any atom is -0.355 e. The lowest BCUT2D eigenvalue weighted by Crippen LogP contribution is -2.39. The van der Waals surface area contributed by atoms with Crippen LogP contribution >= 0.6 is 11.6 Å². The van der Waals surface area contributed by atoms with E-state index in [0.717, 1.165) is 11.5 Å². The van der Waals surface area contributed by atoms with Crippen LogP contribution in [-0.4, -0.2) is 23.1 Å². The zero-order valence-corrected chi connectivity index (χ0v) is 11.4. The molecule has 0 aliphatic rings. The summed E-state index contributed by atoms with van der Waals surface area (Å²) in [4.78, 5) is 10.8. The highest BCUT2D eigenvalue weighted by atomic mass is 35.5. The fraction of sp³-hybridized carbons (Fsp3) is 0.667. The lowest BCUT2D eigenvalue weighted by Gasteiger charge is -2.36. The summed E-state index contributed by atoms with van der Waals surface area (Å²) in [5.74, 6) is 1.28. The van der Waals surface area contributed by atoms with Crippen molar-refractivity contribution in [3.63, 3.8) is 0 Å². The van der Waals surface area contributed by atoms with Crippen LogP contribution < -0.4 is 4.90 Å². The van der Waals surface area contributed by atoms with Crippen LogP contribution in [0.2, 0.25) is 0 Å². The number of hydrogen-bond donors (Lipinski definition) is 0. The zero-order chi connectivity index (χ0) is 12.3. The summed E-state index contributed by atoms with van der Waals surface area (Å²) < 4.78 is 0. The van der Waals surface area contributed by atoms with Crippen molar-refractivity contribution in [1.29, 1.82) is 0 Å². The van der Waals surface area contributed by atoms with Crippen LogP contribution in [0.5, 0.6) is 0 Å². The van der Waals surface area contributed by atoms with Gasteiger partial charge < -0.3 is 4.90 Å². The maximum Gasteiger partial charge on any atom is 0.147 e. The Labute approximate surface area is 103 Å². The molecule has 0 aliphatic heterocycles. The van der Waals surface area contributed by atoms with E-state index >= 15 is 0 Å². The summed E-state index contributed by atoms with van der Waals surface area (Å²) >= 11 is 5.75. The van der Waals surface area contributed by atoms with E-state index in [2.05, 4.69) is 42.6 Å². The molecule has 0 radical (unpaired) electrons. The topological polar surface area (TPSA) is 29.0 Å². The molecule has 0 amide bonds. The molecule has 0 N–H and O–H groups in total. The second-order valence-electron chi connectivity index (χ2n) is 5.16. The van der Waals surface area contributed by atoms with Gasteiger partial charge in [-0.05, 0) is 12.3 Å². The molecule has 0 spiro atoms. The number of anilines is 1. The first-order valence-corrected chi connectivity index (χ1v) is 5.99. The second-order valence-corrected chi connectivity index (χ2v) is 5.42. The Morgan fingerprint density at radius 3 is 2.50 bits per heavy atom. The molecule has 0 fully saturated rings. The summed E-state index contributed by atoms with van der Waals surface area (Å²) in [5, 5.41) is 0. The van der Waals surface area contributed by atoms with E-state index in [-0.39, 0.29) is 5.41 Å². The molecule has 0 bridgehead atoms. The number of alkyl halides is 1. The normalized spacial score (nSPS) is 13.6. The Kier molecular flexibility index (Phi) is 4.14. The standard InChI is InChI=1S/C12H20ClN3/c1-9(12(2,3)4)16(5)11-8-14-7-10(6-13)15-11/h7-9H,6H2,1-5H3. The van der Waals surface area contributed by atoms with Gasteiger partial charge in [0, 0.05) is 19.3 Å². The van der Waals surface area contributed by atoms with Crippen LogP contribution in [-0.2, 0) is 5.88 Å². The van der Waals surface area contributed by atoms with Crippen molar-refractivity contribution in [2.24, 2.45) is 5.41 Å². The first kappa shape index (κ1) is 13.2. The van der Waals surface area contributed by atoms with Gasteiger partial charge in [-0.25, -0.2) is 4.98 Å². The van der Waals surface area contributed by atoms with Crippen LogP contribution in [0.1, 0.15) is 33.4 Å². The highest BCUT2D eigenvalue weighted by Crippen LogP contribution is 2.25. The van der Waals surface area contributed by atoms with Gasteiger partial charge in [-0.1, -0.05) is 20.8 Å². The summed E-state index contributed by atoms with van der Waals surface area (Å²) in [6.07, 6.45) is 3.48. The number of aromatic nitrogens is 2. The second kappa shape index (κ2) is 5.00. The van der Waals surface area contributed by atoms with Gasteiger partial charge in [0.15, 0.2) is 0 Å². The quantitative estimate of drug-likeness (QED) is 0.762. The van der Waals surface area contributed by atoms with Gasteiger partial charge in [0.05, 0.1) is 17.8 Å². The fourth-order valence-corrected chi connectivity index (χ4v) is 1.54. The average molecular weight is 242 g/mol. The van der Waals surface area contributed by atoms with E-state index in [1.807, 2.05) is 7.05 Å². The van der Waals surface area contributed by atoms with Crippen molar-refractivity contribution >= 4 is 17.4 Å². The molecule has 1 unspecified atom stereocenters. The van der Waals surface area contributed by atoms with Crippen LogP contribution in [0.15, 0.2) is 12.4 Å². The SMILES string of the molecule is CC(N(C)c1cncc(CCl)n1)C(C)(C)C. The number of halogens is 1. The molecule has 1 aromatic heterocycles. The van der Waals surface area contributed by atoms with Crippen LogP contribution in [0.4, 0.5) is 5.82 Å². The number of hydrogen-bond acceptors (Lipinski definition) is 3. The Morgan fingerprint density at radius 1 is 1.38 bits per heavy atom. The van der Waals surface area contributed by atoms with Crippen molar-refractivity contribution < 1.29 is 0 Å². The number of rotatable bonds is 3. The minimum atomic E-state index is 0.202. The maximum atomic E-state index is 5.75. The third-order valence-electron chi connectivity index (χ3n) is 3.00. The van der Waals surface area contributed by atoms with E-state index in [9.17, 15) is 0 Å². The largest absolute Gasteiger partial charge is 0.355 e. The van der Waals surface area contributed by atoms with Crippen LogP contribution in [0.25, 0.3) is 0 Å². The van der Waals surface area contributed by atoms with E-state index in [1.54, 1.807) is 12.4 Å². The zero-order valence-electron chi connectivity index (χ0n) is 10.7. The molecule has 1 heterocycles. The smallest absolute Gasteiger partial charge is 0.147 e. The molecule has 0 aromatic carbocycles. The third kappa shape index (κ3) is 3.08. The van der Waals surface area contributed by atoms with Gasteiger partial charge in [0.2, 0.25) is 0 Å². The van der Waals surface area contributed by atoms with E-state index in [1.165, 1.54) is 0 Å². The molecule has 0 aliphatic carbocycles. The van der Waals surface area contributed by atoms with Gasteiger partial charge in [0.25, 0.3) is 0 Å².